The van der Waals surface area contributed by atoms with Gasteiger partial charge in [-0.15, -0.1) is 10.2 Å². The first-order valence-corrected chi connectivity index (χ1v) is 9.72. The lowest BCUT2D eigenvalue weighted by molar-refractivity contribution is 0.121. The maximum Gasteiger partial charge on any atom is 0.228 e. The largest absolute Gasteiger partial charge is 0.444 e. The van der Waals surface area contributed by atoms with Crippen LogP contribution in [0.1, 0.15) is 12.6 Å². The first kappa shape index (κ1) is 17.1. The van der Waals surface area contributed by atoms with E-state index < -0.39 is 0 Å². The van der Waals surface area contributed by atoms with Gasteiger partial charge in [-0.1, -0.05) is 30.0 Å². The number of nitrogens with zero attached hydrogens (tertiary/aromatic N) is 5. The molecular formula is C18H21N5O2S. The highest BCUT2D eigenvalue weighted by Crippen LogP contribution is 2.26. The van der Waals surface area contributed by atoms with Gasteiger partial charge in [0.15, 0.2) is 5.16 Å². The van der Waals surface area contributed by atoms with Crippen LogP contribution in [0.15, 0.2) is 46.2 Å². The molecule has 2 aromatic heterocycles. The van der Waals surface area contributed by atoms with Crippen LogP contribution in [0.4, 0.5) is 5.95 Å². The minimum atomic E-state index is 0.646. The number of anilines is 1. The van der Waals surface area contributed by atoms with Crippen molar-refractivity contribution in [3.63, 3.8) is 0 Å². The minimum Gasteiger partial charge on any atom is -0.444 e. The third-order valence-corrected chi connectivity index (χ3v) is 5.23. The fourth-order valence-electron chi connectivity index (χ4n) is 2.89. The van der Waals surface area contributed by atoms with E-state index in [1.54, 1.807) is 18.0 Å². The first-order chi connectivity index (χ1) is 12.8. The van der Waals surface area contributed by atoms with Gasteiger partial charge in [-0.2, -0.15) is 0 Å². The molecule has 8 heteroatoms. The van der Waals surface area contributed by atoms with Crippen molar-refractivity contribution in [2.24, 2.45) is 0 Å². The second-order valence-corrected chi connectivity index (χ2v) is 6.87. The van der Waals surface area contributed by atoms with Gasteiger partial charge in [-0.3, -0.25) is 4.57 Å². The summed E-state index contributed by atoms with van der Waals surface area (Å²) in [7, 11) is 0. The topological polar surface area (TPSA) is 69.2 Å². The highest BCUT2D eigenvalue weighted by molar-refractivity contribution is 7.98. The van der Waals surface area contributed by atoms with Gasteiger partial charge in [0, 0.05) is 31.0 Å². The zero-order valence-electron chi connectivity index (χ0n) is 14.7. The summed E-state index contributed by atoms with van der Waals surface area (Å²) in [5.41, 5.74) is 1.88. The van der Waals surface area contributed by atoms with Gasteiger partial charge in [-0.05, 0) is 19.1 Å². The van der Waals surface area contributed by atoms with Crippen molar-refractivity contribution in [1.29, 1.82) is 0 Å². The zero-order valence-corrected chi connectivity index (χ0v) is 15.5. The highest BCUT2D eigenvalue weighted by Gasteiger charge is 2.20. The van der Waals surface area contributed by atoms with E-state index in [0.29, 0.717) is 11.6 Å². The predicted molar refractivity (Wildman–Crippen MR) is 100 cm³/mol. The van der Waals surface area contributed by atoms with Crippen molar-refractivity contribution >= 4 is 17.7 Å². The number of rotatable bonds is 6. The molecule has 1 aromatic carbocycles. The average Bonchev–Trinajstić information content (AvgIpc) is 3.34. The Bertz CT molecular complexity index is 842. The van der Waals surface area contributed by atoms with Gasteiger partial charge in [0.1, 0.15) is 6.26 Å². The molecule has 3 aromatic rings. The van der Waals surface area contributed by atoms with Crippen LogP contribution < -0.4 is 4.90 Å². The molecule has 26 heavy (non-hydrogen) atoms. The van der Waals surface area contributed by atoms with Crippen LogP contribution in [0.25, 0.3) is 11.5 Å². The maximum atomic E-state index is 5.61. The van der Waals surface area contributed by atoms with Gasteiger partial charge in [0.05, 0.1) is 18.9 Å². The number of morpholine rings is 1. The molecule has 1 aliphatic heterocycles. The molecule has 1 saturated heterocycles. The Labute approximate surface area is 156 Å². The van der Waals surface area contributed by atoms with E-state index in [9.17, 15) is 0 Å². The fraction of sp³-hybridized carbons (Fsp3) is 0.389. The summed E-state index contributed by atoms with van der Waals surface area (Å²) in [6, 6.07) is 9.92. The van der Waals surface area contributed by atoms with Crippen LogP contribution >= 0.6 is 11.8 Å². The summed E-state index contributed by atoms with van der Waals surface area (Å²) in [5.74, 6) is 2.26. The van der Waals surface area contributed by atoms with Crippen LogP contribution in [0, 0.1) is 0 Å². The molecule has 0 aliphatic carbocycles. The minimum absolute atomic E-state index is 0.646. The molecule has 0 N–H and O–H groups in total. The number of aromatic nitrogens is 4. The lowest BCUT2D eigenvalue weighted by Crippen LogP contribution is -2.38. The number of oxazole rings is 1. The molecular weight excluding hydrogens is 350 g/mol. The molecule has 7 nitrogen and oxygen atoms in total. The standard InChI is InChI=1S/C18H21N5O2S/c1-2-23-17(22-8-10-24-11-9-22)20-21-18(23)26-13-15-12-25-16(19-15)14-6-4-3-5-7-14/h3-7,12H,2,8-11,13H2,1H3. The van der Waals surface area contributed by atoms with Crippen molar-refractivity contribution in [3.05, 3.63) is 42.3 Å². The second-order valence-electron chi connectivity index (χ2n) is 5.92. The Morgan fingerprint density at radius 1 is 1.12 bits per heavy atom. The van der Waals surface area contributed by atoms with Crippen molar-refractivity contribution in [2.45, 2.75) is 24.4 Å². The number of thioether (sulfide) groups is 1. The lowest BCUT2D eigenvalue weighted by atomic mass is 10.2. The highest BCUT2D eigenvalue weighted by atomic mass is 32.2. The van der Waals surface area contributed by atoms with Gasteiger partial charge >= 0.3 is 0 Å². The Morgan fingerprint density at radius 3 is 2.69 bits per heavy atom. The summed E-state index contributed by atoms with van der Waals surface area (Å²) >= 11 is 1.63. The number of hydrogen-bond donors (Lipinski definition) is 0. The summed E-state index contributed by atoms with van der Waals surface area (Å²) in [6.07, 6.45) is 1.71. The molecule has 1 fully saturated rings. The Balaban J connectivity index is 1.45. The van der Waals surface area contributed by atoms with Crippen molar-refractivity contribution in [1.82, 2.24) is 19.7 Å². The Morgan fingerprint density at radius 2 is 1.92 bits per heavy atom. The average molecular weight is 371 g/mol. The van der Waals surface area contributed by atoms with Crippen LogP contribution in [0.2, 0.25) is 0 Å². The van der Waals surface area contributed by atoms with Gasteiger partial charge in [-0.25, -0.2) is 4.98 Å². The van der Waals surface area contributed by atoms with Crippen molar-refractivity contribution < 1.29 is 9.15 Å². The smallest absolute Gasteiger partial charge is 0.228 e. The molecule has 0 amide bonds. The summed E-state index contributed by atoms with van der Waals surface area (Å²) in [6.45, 7) is 6.12. The first-order valence-electron chi connectivity index (χ1n) is 8.73. The van der Waals surface area contributed by atoms with Crippen LogP contribution in [-0.4, -0.2) is 46.1 Å². The molecule has 0 unspecified atom stereocenters. The summed E-state index contributed by atoms with van der Waals surface area (Å²) in [4.78, 5) is 6.81. The van der Waals surface area contributed by atoms with E-state index >= 15 is 0 Å². The predicted octanol–water partition coefficient (Wildman–Crippen LogP) is 3.08. The van der Waals surface area contributed by atoms with Crippen molar-refractivity contribution in [3.8, 4) is 11.5 Å². The van der Waals surface area contributed by atoms with E-state index in [1.165, 1.54) is 0 Å². The molecule has 0 spiro atoms. The van der Waals surface area contributed by atoms with E-state index in [2.05, 4.69) is 31.6 Å². The molecule has 0 bridgehead atoms. The van der Waals surface area contributed by atoms with Gasteiger partial charge in [0.25, 0.3) is 0 Å². The Kier molecular flexibility index (Phi) is 5.21. The van der Waals surface area contributed by atoms with Crippen molar-refractivity contribution in [2.75, 3.05) is 31.2 Å². The number of hydrogen-bond acceptors (Lipinski definition) is 7. The maximum absolute atomic E-state index is 5.61. The Hall–Kier alpha value is -2.32. The van der Waals surface area contributed by atoms with Gasteiger partial charge in [0.2, 0.25) is 11.8 Å². The molecule has 0 saturated carbocycles. The van der Waals surface area contributed by atoms with E-state index in [-0.39, 0.29) is 0 Å². The van der Waals surface area contributed by atoms with Crippen LogP contribution in [0.3, 0.4) is 0 Å². The summed E-state index contributed by atoms with van der Waals surface area (Å²) in [5, 5.41) is 9.67. The third-order valence-electron chi connectivity index (χ3n) is 4.23. The molecule has 136 valence electrons. The van der Waals surface area contributed by atoms with E-state index in [0.717, 1.165) is 55.2 Å². The molecule has 1 aliphatic rings. The zero-order chi connectivity index (χ0) is 17.8. The van der Waals surface area contributed by atoms with Gasteiger partial charge < -0.3 is 14.1 Å². The molecule has 3 heterocycles. The SMILES string of the molecule is CCn1c(SCc2coc(-c3ccccc3)n2)nnc1N1CCOCC1. The van der Waals surface area contributed by atoms with E-state index in [1.807, 2.05) is 30.3 Å². The number of benzene rings is 1. The van der Waals surface area contributed by atoms with E-state index in [4.69, 9.17) is 9.15 Å². The molecule has 4 rings (SSSR count). The van der Waals surface area contributed by atoms with Crippen LogP contribution in [0.5, 0.6) is 0 Å². The summed E-state index contributed by atoms with van der Waals surface area (Å²) < 4.78 is 13.2. The normalized spacial score (nSPS) is 14.7. The quantitative estimate of drug-likeness (QED) is 0.617. The monoisotopic (exact) mass is 371 g/mol. The molecule has 0 atom stereocenters. The molecule has 0 radical (unpaired) electrons. The number of ether oxygens (including phenoxy) is 1. The lowest BCUT2D eigenvalue weighted by Gasteiger charge is -2.27. The fourth-order valence-corrected chi connectivity index (χ4v) is 3.76. The van der Waals surface area contributed by atoms with Crippen LogP contribution in [-0.2, 0) is 17.0 Å². The second kappa shape index (κ2) is 7.92. The third kappa shape index (κ3) is 3.61.